The van der Waals surface area contributed by atoms with Crippen molar-refractivity contribution in [3.05, 3.63) is 23.3 Å². The molecule has 1 atom stereocenters. The van der Waals surface area contributed by atoms with Gasteiger partial charge in [0.25, 0.3) is 5.91 Å². The summed E-state index contributed by atoms with van der Waals surface area (Å²) in [6.45, 7) is 2.63. The van der Waals surface area contributed by atoms with Crippen molar-refractivity contribution in [2.45, 2.75) is 51.5 Å². The van der Waals surface area contributed by atoms with Crippen molar-refractivity contribution >= 4 is 11.9 Å². The van der Waals surface area contributed by atoms with Gasteiger partial charge in [-0.2, -0.15) is 0 Å². The van der Waals surface area contributed by atoms with Gasteiger partial charge in [-0.05, 0) is 37.0 Å². The molecule has 1 aliphatic rings. The Morgan fingerprint density at radius 3 is 2.48 bits per heavy atom. The molecule has 1 aromatic rings. The fraction of sp³-hybridized carbons (Fsp3) is 0.579. The molecule has 1 saturated heterocycles. The molecule has 0 radical (unpaired) electrons. The Kier molecular flexibility index (Phi) is 6.67. The lowest BCUT2D eigenvalue weighted by Crippen LogP contribution is -2.55. The van der Waals surface area contributed by atoms with Crippen molar-refractivity contribution in [2.24, 2.45) is 0 Å². The van der Waals surface area contributed by atoms with Crippen LogP contribution in [-0.4, -0.2) is 48.7 Å². The van der Waals surface area contributed by atoms with Crippen molar-refractivity contribution in [1.82, 2.24) is 4.90 Å². The first-order valence-electron chi connectivity index (χ1n) is 8.82. The van der Waals surface area contributed by atoms with E-state index in [0.29, 0.717) is 30.0 Å². The summed E-state index contributed by atoms with van der Waals surface area (Å²) in [4.78, 5) is 25.3. The van der Waals surface area contributed by atoms with Crippen molar-refractivity contribution in [2.75, 3.05) is 20.8 Å². The van der Waals surface area contributed by atoms with Crippen LogP contribution in [0.4, 0.5) is 0 Å². The maximum absolute atomic E-state index is 12.7. The number of ether oxygens (including phenoxy) is 2. The van der Waals surface area contributed by atoms with Gasteiger partial charge in [0, 0.05) is 12.1 Å². The number of likely N-dealkylation sites (tertiary alicyclic amines) is 1. The van der Waals surface area contributed by atoms with E-state index in [-0.39, 0.29) is 5.91 Å². The standard InChI is InChI=1S/C19H27NO5/c1-4-5-6-7-8-13-11-14(12-16(24-2)17(13)25-3)18(21)20-10-9-15(20)19(22)23/h11-12,15H,4-10H2,1-3H3,(H,22,23)/t15-/m1/s1. The van der Waals surface area contributed by atoms with E-state index in [2.05, 4.69) is 6.92 Å². The second-order valence-electron chi connectivity index (χ2n) is 6.32. The number of carboxylic acids is 1. The highest BCUT2D eigenvalue weighted by Gasteiger charge is 2.38. The number of hydrogen-bond acceptors (Lipinski definition) is 4. The number of aryl methyl sites for hydroxylation is 1. The second kappa shape index (κ2) is 8.74. The number of carbonyl (C=O) groups is 2. The van der Waals surface area contributed by atoms with Gasteiger partial charge in [-0.1, -0.05) is 26.2 Å². The van der Waals surface area contributed by atoms with Gasteiger partial charge in [-0.25, -0.2) is 4.79 Å². The predicted molar refractivity (Wildman–Crippen MR) is 94.5 cm³/mol. The summed E-state index contributed by atoms with van der Waals surface area (Å²) < 4.78 is 10.9. The fourth-order valence-electron chi connectivity index (χ4n) is 3.15. The summed E-state index contributed by atoms with van der Waals surface area (Å²) in [7, 11) is 3.13. The van der Waals surface area contributed by atoms with Gasteiger partial charge in [-0.3, -0.25) is 4.79 Å². The van der Waals surface area contributed by atoms with E-state index in [1.54, 1.807) is 13.2 Å². The molecule has 138 valence electrons. The zero-order valence-electron chi connectivity index (χ0n) is 15.2. The monoisotopic (exact) mass is 349 g/mol. The number of amides is 1. The van der Waals surface area contributed by atoms with Crippen LogP contribution in [0.1, 0.15) is 54.9 Å². The maximum atomic E-state index is 12.7. The van der Waals surface area contributed by atoms with Crippen molar-refractivity contribution in [3.8, 4) is 11.5 Å². The molecule has 1 aliphatic heterocycles. The number of hydrogen-bond donors (Lipinski definition) is 1. The number of nitrogens with zero attached hydrogens (tertiary/aromatic N) is 1. The molecule has 0 aromatic heterocycles. The molecule has 1 amide bonds. The highest BCUT2D eigenvalue weighted by Crippen LogP contribution is 2.35. The SMILES string of the molecule is CCCCCCc1cc(C(=O)N2CC[C@@H]2C(=O)O)cc(OC)c1OC. The number of carboxylic acid groups (broad SMARTS) is 1. The summed E-state index contributed by atoms with van der Waals surface area (Å²) >= 11 is 0. The lowest BCUT2D eigenvalue weighted by atomic mass is 9.98. The average molecular weight is 349 g/mol. The van der Waals surface area contributed by atoms with Gasteiger partial charge in [-0.15, -0.1) is 0 Å². The normalized spacial score (nSPS) is 16.3. The van der Waals surface area contributed by atoms with Crippen LogP contribution in [0.5, 0.6) is 11.5 Å². The zero-order valence-corrected chi connectivity index (χ0v) is 15.2. The van der Waals surface area contributed by atoms with Gasteiger partial charge >= 0.3 is 5.97 Å². The zero-order chi connectivity index (χ0) is 18.4. The lowest BCUT2D eigenvalue weighted by Gasteiger charge is -2.38. The number of methoxy groups -OCH3 is 2. The van der Waals surface area contributed by atoms with Crippen LogP contribution < -0.4 is 9.47 Å². The molecule has 1 aromatic carbocycles. The molecule has 6 nitrogen and oxygen atoms in total. The van der Waals surface area contributed by atoms with Gasteiger partial charge in [0.2, 0.25) is 0 Å². The number of benzene rings is 1. The summed E-state index contributed by atoms with van der Waals surface area (Å²) in [6.07, 6.45) is 5.75. The Balaban J connectivity index is 2.25. The molecule has 6 heteroatoms. The second-order valence-corrected chi connectivity index (χ2v) is 6.32. The van der Waals surface area contributed by atoms with Gasteiger partial charge in [0.1, 0.15) is 6.04 Å². The minimum atomic E-state index is -0.958. The molecule has 0 bridgehead atoms. The third kappa shape index (κ3) is 4.24. The van der Waals surface area contributed by atoms with Crippen LogP contribution in [0.2, 0.25) is 0 Å². The molecule has 0 spiro atoms. The van der Waals surface area contributed by atoms with Crippen LogP contribution in [0.3, 0.4) is 0 Å². The van der Waals surface area contributed by atoms with E-state index < -0.39 is 12.0 Å². The van der Waals surface area contributed by atoms with Crippen LogP contribution >= 0.6 is 0 Å². The Labute approximate surface area is 148 Å². The molecule has 1 heterocycles. The predicted octanol–water partition coefficient (Wildman–Crippen LogP) is 3.13. The van der Waals surface area contributed by atoms with E-state index in [1.807, 2.05) is 6.07 Å². The summed E-state index contributed by atoms with van der Waals surface area (Å²) in [5.74, 6) is -0.0746. The molecule has 0 unspecified atom stereocenters. The molecule has 2 rings (SSSR count). The summed E-state index contributed by atoms with van der Waals surface area (Å²) in [5, 5.41) is 9.17. The molecular formula is C19H27NO5. The molecule has 1 fully saturated rings. The van der Waals surface area contributed by atoms with Crippen molar-refractivity contribution in [3.63, 3.8) is 0 Å². The molecule has 1 N–H and O–H groups in total. The number of carbonyl (C=O) groups excluding carboxylic acids is 1. The van der Waals surface area contributed by atoms with Crippen LogP contribution in [0.15, 0.2) is 12.1 Å². The van der Waals surface area contributed by atoms with Crippen LogP contribution in [0, 0.1) is 0 Å². The average Bonchev–Trinajstić information content (AvgIpc) is 2.56. The first-order chi connectivity index (χ1) is 12.0. The minimum Gasteiger partial charge on any atom is -0.493 e. The van der Waals surface area contributed by atoms with E-state index in [9.17, 15) is 9.59 Å². The number of rotatable bonds is 9. The Hall–Kier alpha value is -2.24. The highest BCUT2D eigenvalue weighted by atomic mass is 16.5. The van der Waals surface area contributed by atoms with Gasteiger partial charge in [0.05, 0.1) is 14.2 Å². The first-order valence-corrected chi connectivity index (χ1v) is 8.82. The minimum absolute atomic E-state index is 0.269. The van der Waals surface area contributed by atoms with Crippen molar-refractivity contribution < 1.29 is 24.2 Å². The highest BCUT2D eigenvalue weighted by molar-refractivity contribution is 5.98. The van der Waals surface area contributed by atoms with Gasteiger partial charge in [0.15, 0.2) is 11.5 Å². The quantitative estimate of drug-likeness (QED) is 0.693. The first kappa shape index (κ1) is 19.1. The maximum Gasteiger partial charge on any atom is 0.326 e. The molecule has 0 aliphatic carbocycles. The molecule has 25 heavy (non-hydrogen) atoms. The summed E-state index contributed by atoms with van der Waals surface area (Å²) in [5.41, 5.74) is 1.38. The smallest absolute Gasteiger partial charge is 0.326 e. The van der Waals surface area contributed by atoms with Crippen molar-refractivity contribution in [1.29, 1.82) is 0 Å². The third-order valence-electron chi connectivity index (χ3n) is 4.67. The van der Waals surface area contributed by atoms with Crippen LogP contribution in [0.25, 0.3) is 0 Å². The molecular weight excluding hydrogens is 322 g/mol. The topological polar surface area (TPSA) is 76.1 Å². The third-order valence-corrected chi connectivity index (χ3v) is 4.67. The van der Waals surface area contributed by atoms with E-state index in [4.69, 9.17) is 14.6 Å². The fourth-order valence-corrected chi connectivity index (χ4v) is 3.15. The van der Waals surface area contributed by atoms with Crippen LogP contribution in [-0.2, 0) is 11.2 Å². The van der Waals surface area contributed by atoms with Gasteiger partial charge < -0.3 is 19.5 Å². The van der Waals surface area contributed by atoms with E-state index in [0.717, 1.165) is 31.2 Å². The lowest BCUT2D eigenvalue weighted by molar-refractivity contribution is -0.146. The van der Waals surface area contributed by atoms with E-state index in [1.165, 1.54) is 18.4 Å². The number of aliphatic carboxylic acids is 1. The Morgan fingerprint density at radius 1 is 1.20 bits per heavy atom. The van der Waals surface area contributed by atoms with E-state index >= 15 is 0 Å². The summed E-state index contributed by atoms with van der Waals surface area (Å²) in [6, 6.07) is 2.72. The largest absolute Gasteiger partial charge is 0.493 e. The molecule has 0 saturated carbocycles. The Bertz CT molecular complexity index is 628. The number of unbranched alkanes of at least 4 members (excludes halogenated alkanes) is 3. The Morgan fingerprint density at radius 2 is 1.96 bits per heavy atom.